The molecule has 0 radical (unpaired) electrons. The van der Waals surface area contributed by atoms with E-state index in [0.29, 0.717) is 18.6 Å². The highest BCUT2D eigenvalue weighted by Crippen LogP contribution is 2.24. The van der Waals surface area contributed by atoms with Crippen LogP contribution in [0.4, 0.5) is 0 Å². The lowest BCUT2D eigenvalue weighted by Gasteiger charge is -2.47. The molecule has 2 fully saturated rings. The molecule has 1 aromatic carbocycles. The third-order valence-corrected chi connectivity index (χ3v) is 5.04. The summed E-state index contributed by atoms with van der Waals surface area (Å²) in [4.78, 5) is 17.5. The molecule has 3 heteroatoms. The lowest BCUT2D eigenvalue weighted by Crippen LogP contribution is -2.59. The summed E-state index contributed by atoms with van der Waals surface area (Å²) in [7, 11) is 0. The highest BCUT2D eigenvalue weighted by Gasteiger charge is 2.33. The summed E-state index contributed by atoms with van der Waals surface area (Å²) in [6, 6.07) is 9.11. The SMILES string of the molecule is Cc1ccc(C(=O)CN2CC3CCCCN3CC2C)cc1. The van der Waals surface area contributed by atoms with E-state index in [-0.39, 0.29) is 5.78 Å². The first-order chi connectivity index (χ1) is 10.1. The minimum absolute atomic E-state index is 0.256. The first kappa shape index (κ1) is 14.7. The van der Waals surface area contributed by atoms with Crippen molar-refractivity contribution in [1.29, 1.82) is 0 Å². The van der Waals surface area contributed by atoms with Crippen LogP contribution in [0.15, 0.2) is 24.3 Å². The third kappa shape index (κ3) is 3.35. The molecule has 2 saturated heterocycles. The molecule has 2 unspecified atom stereocenters. The van der Waals surface area contributed by atoms with Gasteiger partial charge in [0.2, 0.25) is 0 Å². The fourth-order valence-corrected chi connectivity index (χ4v) is 3.65. The zero-order valence-corrected chi connectivity index (χ0v) is 13.2. The normalized spacial score (nSPS) is 27.3. The Morgan fingerprint density at radius 2 is 1.95 bits per heavy atom. The van der Waals surface area contributed by atoms with Crippen LogP contribution in [0.5, 0.6) is 0 Å². The van der Waals surface area contributed by atoms with Gasteiger partial charge in [-0.1, -0.05) is 36.2 Å². The maximum atomic E-state index is 12.5. The number of nitrogens with zero attached hydrogens (tertiary/aromatic N) is 2. The number of hydrogen-bond acceptors (Lipinski definition) is 3. The predicted molar refractivity (Wildman–Crippen MR) is 85.8 cm³/mol. The Kier molecular flexibility index (Phi) is 4.41. The molecule has 0 bridgehead atoms. The average Bonchev–Trinajstić information content (AvgIpc) is 2.48. The number of rotatable bonds is 3. The molecule has 114 valence electrons. The molecule has 0 aromatic heterocycles. The quantitative estimate of drug-likeness (QED) is 0.798. The van der Waals surface area contributed by atoms with Crippen LogP contribution in [-0.4, -0.2) is 53.8 Å². The van der Waals surface area contributed by atoms with Gasteiger partial charge in [0.25, 0.3) is 0 Å². The number of carbonyl (C=O) groups is 1. The highest BCUT2D eigenvalue weighted by molar-refractivity contribution is 5.97. The molecule has 2 aliphatic heterocycles. The van der Waals surface area contributed by atoms with E-state index in [4.69, 9.17) is 0 Å². The molecule has 2 heterocycles. The topological polar surface area (TPSA) is 23.6 Å². The van der Waals surface area contributed by atoms with Crippen LogP contribution < -0.4 is 0 Å². The minimum Gasteiger partial charge on any atom is -0.298 e. The Morgan fingerprint density at radius 1 is 1.19 bits per heavy atom. The van der Waals surface area contributed by atoms with E-state index in [0.717, 1.165) is 18.7 Å². The third-order valence-electron chi connectivity index (χ3n) is 5.04. The van der Waals surface area contributed by atoms with E-state index < -0.39 is 0 Å². The van der Waals surface area contributed by atoms with Crippen LogP contribution in [0, 0.1) is 6.92 Å². The molecule has 21 heavy (non-hydrogen) atoms. The average molecular weight is 286 g/mol. The summed E-state index contributed by atoms with van der Waals surface area (Å²) in [5.74, 6) is 0.256. The van der Waals surface area contributed by atoms with Crippen molar-refractivity contribution in [1.82, 2.24) is 9.80 Å². The lowest BCUT2D eigenvalue weighted by molar-refractivity contribution is 0.0166. The molecule has 2 aliphatic rings. The van der Waals surface area contributed by atoms with Crippen molar-refractivity contribution >= 4 is 5.78 Å². The van der Waals surface area contributed by atoms with Gasteiger partial charge in [-0.05, 0) is 33.2 Å². The summed E-state index contributed by atoms with van der Waals surface area (Å²) >= 11 is 0. The van der Waals surface area contributed by atoms with Gasteiger partial charge in [-0.3, -0.25) is 14.6 Å². The van der Waals surface area contributed by atoms with Crippen molar-refractivity contribution in [3.63, 3.8) is 0 Å². The largest absolute Gasteiger partial charge is 0.298 e. The van der Waals surface area contributed by atoms with Crippen molar-refractivity contribution in [2.24, 2.45) is 0 Å². The van der Waals surface area contributed by atoms with Crippen LogP contribution >= 0.6 is 0 Å². The lowest BCUT2D eigenvalue weighted by atomic mass is 9.96. The van der Waals surface area contributed by atoms with Gasteiger partial charge in [-0.25, -0.2) is 0 Å². The van der Waals surface area contributed by atoms with E-state index in [1.807, 2.05) is 24.3 Å². The Morgan fingerprint density at radius 3 is 2.71 bits per heavy atom. The standard InChI is InChI=1S/C18H26N2O/c1-14-6-8-16(9-7-14)18(21)13-20-12-17-5-3-4-10-19(17)11-15(20)2/h6-9,15,17H,3-5,10-13H2,1-2H3. The second-order valence-electron chi connectivity index (χ2n) is 6.71. The van der Waals surface area contributed by atoms with Crippen LogP contribution in [0.3, 0.4) is 0 Å². The Bertz CT molecular complexity index is 496. The minimum atomic E-state index is 0.256. The van der Waals surface area contributed by atoms with Crippen molar-refractivity contribution in [2.45, 2.75) is 45.2 Å². The molecule has 2 atom stereocenters. The molecule has 3 nitrogen and oxygen atoms in total. The van der Waals surface area contributed by atoms with Gasteiger partial charge < -0.3 is 0 Å². The zero-order chi connectivity index (χ0) is 14.8. The molecule has 0 spiro atoms. The summed E-state index contributed by atoms with van der Waals surface area (Å²) in [6.07, 6.45) is 3.97. The Labute approximate surface area is 127 Å². The highest BCUT2D eigenvalue weighted by atomic mass is 16.1. The molecule has 0 aliphatic carbocycles. The molecule has 3 rings (SSSR count). The molecular weight excluding hydrogens is 260 g/mol. The molecular formula is C18H26N2O. The number of ketones is 1. The first-order valence-corrected chi connectivity index (χ1v) is 8.21. The second-order valence-corrected chi connectivity index (χ2v) is 6.71. The molecule has 0 N–H and O–H groups in total. The molecule has 0 amide bonds. The maximum absolute atomic E-state index is 12.5. The molecule has 0 saturated carbocycles. The van der Waals surface area contributed by atoms with Gasteiger partial charge in [0.05, 0.1) is 6.54 Å². The van der Waals surface area contributed by atoms with Crippen LogP contribution in [0.2, 0.25) is 0 Å². The number of carbonyl (C=O) groups excluding carboxylic acids is 1. The fraction of sp³-hybridized carbons (Fsp3) is 0.611. The van der Waals surface area contributed by atoms with E-state index in [9.17, 15) is 4.79 Å². The van der Waals surface area contributed by atoms with Crippen LogP contribution in [0.1, 0.15) is 42.1 Å². The van der Waals surface area contributed by atoms with Gasteiger partial charge >= 0.3 is 0 Å². The number of hydrogen-bond donors (Lipinski definition) is 0. The monoisotopic (exact) mass is 286 g/mol. The van der Waals surface area contributed by atoms with Gasteiger partial charge in [0.1, 0.15) is 0 Å². The number of piperazine rings is 1. The van der Waals surface area contributed by atoms with Gasteiger partial charge in [0, 0.05) is 30.7 Å². The van der Waals surface area contributed by atoms with Crippen molar-refractivity contribution in [3.8, 4) is 0 Å². The number of benzene rings is 1. The van der Waals surface area contributed by atoms with Crippen LogP contribution in [-0.2, 0) is 0 Å². The van der Waals surface area contributed by atoms with Gasteiger partial charge in [-0.2, -0.15) is 0 Å². The number of Topliss-reactive ketones (excluding diaryl/α,β-unsaturated/α-hetero) is 1. The summed E-state index contributed by atoms with van der Waals surface area (Å²) in [5.41, 5.74) is 2.05. The maximum Gasteiger partial charge on any atom is 0.176 e. The number of aryl methyl sites for hydroxylation is 1. The zero-order valence-electron chi connectivity index (χ0n) is 13.2. The van der Waals surface area contributed by atoms with E-state index in [1.165, 1.54) is 31.4 Å². The van der Waals surface area contributed by atoms with Crippen molar-refractivity contribution in [2.75, 3.05) is 26.2 Å². The van der Waals surface area contributed by atoms with Crippen LogP contribution in [0.25, 0.3) is 0 Å². The van der Waals surface area contributed by atoms with Gasteiger partial charge in [0.15, 0.2) is 5.78 Å². The summed E-state index contributed by atoms with van der Waals surface area (Å²) in [5, 5.41) is 0. The summed E-state index contributed by atoms with van der Waals surface area (Å²) in [6.45, 7) is 8.29. The summed E-state index contributed by atoms with van der Waals surface area (Å²) < 4.78 is 0. The second kappa shape index (κ2) is 6.29. The predicted octanol–water partition coefficient (Wildman–Crippen LogP) is 2.74. The first-order valence-electron chi connectivity index (χ1n) is 8.21. The van der Waals surface area contributed by atoms with E-state index in [1.54, 1.807) is 0 Å². The number of piperidine rings is 1. The smallest absolute Gasteiger partial charge is 0.176 e. The van der Waals surface area contributed by atoms with Crippen molar-refractivity contribution in [3.05, 3.63) is 35.4 Å². The Hall–Kier alpha value is -1.19. The molecule has 1 aromatic rings. The number of fused-ring (bicyclic) bond motifs is 1. The fourth-order valence-electron chi connectivity index (χ4n) is 3.65. The van der Waals surface area contributed by atoms with Gasteiger partial charge in [-0.15, -0.1) is 0 Å². The van der Waals surface area contributed by atoms with E-state index >= 15 is 0 Å². The Balaban J connectivity index is 1.63. The van der Waals surface area contributed by atoms with Crippen molar-refractivity contribution < 1.29 is 4.79 Å². The van der Waals surface area contributed by atoms with E-state index in [2.05, 4.69) is 23.6 Å².